The maximum atomic E-state index is 11.9. The van der Waals surface area contributed by atoms with E-state index in [2.05, 4.69) is 10.1 Å². The van der Waals surface area contributed by atoms with Crippen molar-refractivity contribution in [2.24, 2.45) is 5.73 Å². The molecule has 1 aromatic rings. The van der Waals surface area contributed by atoms with Gasteiger partial charge >= 0.3 is 12.4 Å². The summed E-state index contributed by atoms with van der Waals surface area (Å²) in [5.41, 5.74) is 4.74. The molecule has 17 heavy (non-hydrogen) atoms. The number of carbonyl (C=O) groups excluding carboxylic acids is 1. The monoisotopic (exact) mass is 288 g/mol. The fourth-order valence-electron chi connectivity index (χ4n) is 0.985. The van der Waals surface area contributed by atoms with Crippen molar-refractivity contribution in [3.63, 3.8) is 0 Å². The molecule has 0 bridgehead atoms. The van der Waals surface area contributed by atoms with Gasteiger partial charge in [0.05, 0.1) is 15.7 Å². The topological polar surface area (TPSA) is 64.4 Å². The Bertz CT molecular complexity index is 428. The lowest BCUT2D eigenvalue weighted by atomic mass is 10.3. The van der Waals surface area contributed by atoms with E-state index >= 15 is 0 Å². The summed E-state index contributed by atoms with van der Waals surface area (Å²) < 4.78 is 39.4. The second-order valence-corrected chi connectivity index (χ2v) is 3.61. The average molecular weight is 289 g/mol. The predicted octanol–water partition coefficient (Wildman–Crippen LogP) is 3.38. The molecule has 0 radical (unpaired) electrons. The van der Waals surface area contributed by atoms with Gasteiger partial charge < -0.3 is 15.8 Å². The third kappa shape index (κ3) is 4.20. The molecule has 0 aromatic heterocycles. The second kappa shape index (κ2) is 4.89. The molecule has 0 aliphatic rings. The Hall–Kier alpha value is -1.34. The third-order valence-electron chi connectivity index (χ3n) is 1.50. The van der Waals surface area contributed by atoms with Gasteiger partial charge in [-0.15, -0.1) is 13.2 Å². The van der Waals surface area contributed by atoms with E-state index in [0.717, 1.165) is 12.1 Å². The number of benzene rings is 1. The van der Waals surface area contributed by atoms with Crippen LogP contribution in [0.5, 0.6) is 5.75 Å². The fraction of sp³-hybridized carbons (Fsp3) is 0.125. The molecule has 1 aromatic carbocycles. The van der Waals surface area contributed by atoms with Gasteiger partial charge in [0.15, 0.2) is 0 Å². The molecule has 0 fully saturated rings. The number of alkyl halides is 3. The van der Waals surface area contributed by atoms with Crippen LogP contribution in [-0.4, -0.2) is 12.4 Å². The number of hydrogen-bond acceptors (Lipinski definition) is 2. The highest BCUT2D eigenvalue weighted by Crippen LogP contribution is 2.36. The number of nitrogens with two attached hydrogens (primary N) is 1. The summed E-state index contributed by atoms with van der Waals surface area (Å²) in [4.78, 5) is 10.6. The Morgan fingerprint density at radius 2 is 1.76 bits per heavy atom. The Morgan fingerprint density at radius 3 is 2.12 bits per heavy atom. The van der Waals surface area contributed by atoms with E-state index < -0.39 is 18.1 Å². The van der Waals surface area contributed by atoms with Crippen molar-refractivity contribution in [3.8, 4) is 5.75 Å². The van der Waals surface area contributed by atoms with Gasteiger partial charge in [-0.25, -0.2) is 4.79 Å². The zero-order valence-electron chi connectivity index (χ0n) is 7.94. The van der Waals surface area contributed by atoms with Crippen LogP contribution in [0.3, 0.4) is 0 Å². The second-order valence-electron chi connectivity index (χ2n) is 2.80. The zero-order valence-corrected chi connectivity index (χ0v) is 9.45. The first-order valence-electron chi connectivity index (χ1n) is 4.00. The Morgan fingerprint density at radius 1 is 1.29 bits per heavy atom. The summed E-state index contributed by atoms with van der Waals surface area (Å²) in [6.45, 7) is 0. The lowest BCUT2D eigenvalue weighted by Gasteiger charge is -2.12. The molecule has 2 amide bonds. The normalized spacial score (nSPS) is 11.1. The van der Waals surface area contributed by atoms with Crippen molar-refractivity contribution in [2.75, 3.05) is 5.32 Å². The van der Waals surface area contributed by atoms with Crippen molar-refractivity contribution in [1.29, 1.82) is 0 Å². The van der Waals surface area contributed by atoms with Crippen molar-refractivity contribution in [2.45, 2.75) is 6.36 Å². The van der Waals surface area contributed by atoms with Gasteiger partial charge in [-0.1, -0.05) is 23.2 Å². The molecule has 0 heterocycles. The van der Waals surface area contributed by atoms with E-state index in [1.807, 2.05) is 0 Å². The van der Waals surface area contributed by atoms with E-state index in [1.54, 1.807) is 0 Å². The Labute approximate surface area is 103 Å². The summed E-state index contributed by atoms with van der Waals surface area (Å²) in [7, 11) is 0. The molecule has 94 valence electrons. The molecule has 0 atom stereocenters. The lowest BCUT2D eigenvalue weighted by Crippen LogP contribution is -2.20. The van der Waals surface area contributed by atoms with Gasteiger partial charge in [-0.3, -0.25) is 0 Å². The van der Waals surface area contributed by atoms with Crippen LogP contribution in [0.15, 0.2) is 12.1 Å². The summed E-state index contributed by atoms with van der Waals surface area (Å²) in [5, 5.41) is 1.62. The van der Waals surface area contributed by atoms with Crippen LogP contribution in [0.4, 0.5) is 23.7 Å². The van der Waals surface area contributed by atoms with Crippen molar-refractivity contribution < 1.29 is 22.7 Å². The van der Waals surface area contributed by atoms with Crippen LogP contribution in [0.2, 0.25) is 10.0 Å². The van der Waals surface area contributed by atoms with E-state index in [-0.39, 0.29) is 15.7 Å². The van der Waals surface area contributed by atoms with E-state index in [0.29, 0.717) is 0 Å². The highest BCUT2D eigenvalue weighted by molar-refractivity contribution is 6.40. The molecule has 0 saturated heterocycles. The molecule has 0 unspecified atom stereocenters. The number of rotatable bonds is 2. The van der Waals surface area contributed by atoms with E-state index in [9.17, 15) is 18.0 Å². The van der Waals surface area contributed by atoms with Gasteiger partial charge in [0, 0.05) is 12.1 Å². The van der Waals surface area contributed by atoms with Crippen LogP contribution in [0.25, 0.3) is 0 Å². The largest absolute Gasteiger partial charge is 0.573 e. The Kier molecular flexibility index (Phi) is 3.94. The molecule has 3 N–H and O–H groups in total. The smallest absolute Gasteiger partial charge is 0.406 e. The maximum Gasteiger partial charge on any atom is 0.573 e. The average Bonchev–Trinajstić information content (AvgIpc) is 2.08. The Balaban J connectivity index is 3.05. The first-order chi connectivity index (χ1) is 7.69. The SMILES string of the molecule is NC(=O)Nc1c(Cl)cc(OC(F)(F)F)cc1Cl. The number of carbonyl (C=O) groups is 1. The first-order valence-corrected chi connectivity index (χ1v) is 4.76. The van der Waals surface area contributed by atoms with Crippen molar-refractivity contribution in [3.05, 3.63) is 22.2 Å². The highest BCUT2D eigenvalue weighted by Gasteiger charge is 2.31. The van der Waals surface area contributed by atoms with Crippen LogP contribution in [0.1, 0.15) is 0 Å². The van der Waals surface area contributed by atoms with Gasteiger partial charge in [0.25, 0.3) is 0 Å². The number of nitrogens with one attached hydrogen (secondary N) is 1. The molecule has 9 heteroatoms. The van der Waals surface area contributed by atoms with Gasteiger partial charge in [0.2, 0.25) is 0 Å². The number of urea groups is 1. The van der Waals surface area contributed by atoms with E-state index in [1.165, 1.54) is 0 Å². The standard InChI is InChI=1S/C8H5Cl2F3N2O2/c9-4-1-3(17-8(11,12)13)2-5(10)6(4)15-7(14)16/h1-2H,(H3,14,15,16). The maximum absolute atomic E-state index is 11.9. The van der Waals surface area contributed by atoms with Gasteiger partial charge in [-0.05, 0) is 0 Å². The van der Waals surface area contributed by atoms with Crippen LogP contribution in [0, 0.1) is 0 Å². The lowest BCUT2D eigenvalue weighted by molar-refractivity contribution is -0.274. The minimum Gasteiger partial charge on any atom is -0.406 e. The number of anilines is 1. The molecule has 0 aliphatic heterocycles. The quantitative estimate of drug-likeness (QED) is 0.876. The van der Waals surface area contributed by atoms with Gasteiger partial charge in [-0.2, -0.15) is 0 Å². The molecule has 0 spiro atoms. The first kappa shape index (κ1) is 13.7. The summed E-state index contributed by atoms with van der Waals surface area (Å²) in [5.74, 6) is -0.595. The van der Waals surface area contributed by atoms with E-state index in [4.69, 9.17) is 28.9 Å². The molecular formula is C8H5Cl2F3N2O2. The summed E-state index contributed by atoms with van der Waals surface area (Å²) in [6.07, 6.45) is -4.86. The van der Waals surface area contributed by atoms with Crippen LogP contribution in [-0.2, 0) is 0 Å². The predicted molar refractivity (Wildman–Crippen MR) is 56.4 cm³/mol. The number of halogens is 5. The van der Waals surface area contributed by atoms with Crippen molar-refractivity contribution >= 4 is 34.9 Å². The molecule has 0 aliphatic carbocycles. The fourth-order valence-corrected chi connectivity index (χ4v) is 1.55. The number of primary amides is 1. The minimum atomic E-state index is -4.86. The number of amides is 2. The minimum absolute atomic E-state index is 0.0876. The third-order valence-corrected chi connectivity index (χ3v) is 2.09. The number of hydrogen-bond donors (Lipinski definition) is 2. The summed E-state index contributed by atoms with van der Waals surface area (Å²) in [6, 6.07) is 0.761. The highest BCUT2D eigenvalue weighted by atomic mass is 35.5. The summed E-state index contributed by atoms with van der Waals surface area (Å²) >= 11 is 11.2. The zero-order chi connectivity index (χ0) is 13.2. The van der Waals surface area contributed by atoms with Crippen molar-refractivity contribution in [1.82, 2.24) is 0 Å². The van der Waals surface area contributed by atoms with Gasteiger partial charge in [0.1, 0.15) is 5.75 Å². The van der Waals surface area contributed by atoms with Crippen LogP contribution < -0.4 is 15.8 Å². The molecular weight excluding hydrogens is 284 g/mol. The molecule has 1 rings (SSSR count). The van der Waals surface area contributed by atoms with Crippen LogP contribution >= 0.6 is 23.2 Å². The molecule has 0 saturated carbocycles. The number of ether oxygens (including phenoxy) is 1. The molecule has 4 nitrogen and oxygen atoms in total.